The van der Waals surface area contributed by atoms with Gasteiger partial charge in [-0.1, -0.05) is 54.6 Å². The van der Waals surface area contributed by atoms with Crippen LogP contribution in [-0.4, -0.2) is 17.5 Å². The van der Waals surface area contributed by atoms with Crippen LogP contribution in [0.4, 0.5) is 5.69 Å². The molecule has 4 aromatic rings. The molecule has 0 aliphatic carbocycles. The zero-order valence-corrected chi connectivity index (χ0v) is 15.9. The number of Topliss-reactive ketones (excluding diaryl/α,β-unsaturated/α-hetero) is 1. The number of carbonyl (C=O) groups excluding carboxylic acids is 1. The quantitative estimate of drug-likeness (QED) is 0.473. The first kappa shape index (κ1) is 17.9. The first-order valence-corrected chi connectivity index (χ1v) is 9.21. The Morgan fingerprint density at radius 1 is 0.964 bits per heavy atom. The van der Waals surface area contributed by atoms with Gasteiger partial charge in [-0.3, -0.25) is 4.79 Å². The summed E-state index contributed by atoms with van der Waals surface area (Å²) in [7, 11) is 3.60. The Morgan fingerprint density at radius 2 is 1.71 bits per heavy atom. The molecule has 1 aromatic heterocycles. The number of aryl methyl sites for hydroxylation is 1. The molecule has 0 saturated carbocycles. The highest BCUT2D eigenvalue weighted by atomic mass is 16.5. The van der Waals surface area contributed by atoms with Crippen LogP contribution in [0.25, 0.3) is 10.9 Å². The Labute approximate surface area is 164 Å². The molecule has 3 aromatic carbocycles. The van der Waals surface area contributed by atoms with E-state index < -0.39 is 6.04 Å². The van der Waals surface area contributed by atoms with E-state index in [2.05, 4.69) is 5.32 Å². The number of hydrogen-bond acceptors (Lipinski definition) is 3. The summed E-state index contributed by atoms with van der Waals surface area (Å²) >= 11 is 0. The maximum Gasteiger partial charge on any atom is 0.191 e. The number of hydrogen-bond donors (Lipinski definition) is 1. The summed E-state index contributed by atoms with van der Waals surface area (Å²) in [5.41, 5.74) is 3.51. The van der Waals surface area contributed by atoms with Gasteiger partial charge in [0.25, 0.3) is 0 Å². The van der Waals surface area contributed by atoms with Gasteiger partial charge in [-0.25, -0.2) is 0 Å². The minimum Gasteiger partial charge on any atom is -0.497 e. The van der Waals surface area contributed by atoms with Gasteiger partial charge in [-0.2, -0.15) is 0 Å². The first-order chi connectivity index (χ1) is 13.7. The monoisotopic (exact) mass is 370 g/mol. The van der Waals surface area contributed by atoms with E-state index in [4.69, 9.17) is 4.74 Å². The second kappa shape index (κ2) is 7.61. The van der Waals surface area contributed by atoms with Gasteiger partial charge in [0.15, 0.2) is 5.78 Å². The Balaban J connectivity index is 1.77. The third-order valence-electron chi connectivity index (χ3n) is 4.94. The summed E-state index contributed by atoms with van der Waals surface area (Å²) < 4.78 is 7.32. The second-order valence-corrected chi connectivity index (χ2v) is 6.76. The number of fused-ring (bicyclic) bond motifs is 1. The van der Waals surface area contributed by atoms with E-state index in [1.807, 2.05) is 96.7 Å². The number of carbonyl (C=O) groups is 1. The lowest BCUT2D eigenvalue weighted by Crippen LogP contribution is -2.21. The number of aromatic nitrogens is 1. The molecule has 0 radical (unpaired) electrons. The van der Waals surface area contributed by atoms with Crippen LogP contribution in [0.15, 0.2) is 85.1 Å². The minimum absolute atomic E-state index is 0.0332. The molecule has 1 heterocycles. The molecule has 0 fully saturated rings. The zero-order chi connectivity index (χ0) is 19.5. The van der Waals surface area contributed by atoms with Crippen LogP contribution in [0.2, 0.25) is 0 Å². The molecule has 0 aliphatic rings. The molecule has 0 aliphatic heterocycles. The number of nitrogens with zero attached hydrogens (tertiary/aromatic N) is 1. The van der Waals surface area contributed by atoms with E-state index in [1.165, 1.54) is 0 Å². The lowest BCUT2D eigenvalue weighted by molar-refractivity contribution is 0.0971. The molecule has 1 atom stereocenters. The fourth-order valence-corrected chi connectivity index (χ4v) is 3.52. The van der Waals surface area contributed by atoms with Crippen LogP contribution in [0, 0.1) is 0 Å². The Bertz CT molecular complexity index is 1120. The Morgan fingerprint density at radius 3 is 2.50 bits per heavy atom. The molecule has 28 heavy (non-hydrogen) atoms. The molecule has 0 saturated heterocycles. The molecule has 4 rings (SSSR count). The minimum atomic E-state index is -0.501. The van der Waals surface area contributed by atoms with Crippen molar-refractivity contribution in [3.05, 3.63) is 96.2 Å². The predicted octanol–water partition coefficient (Wildman–Crippen LogP) is 5.22. The highest BCUT2D eigenvalue weighted by molar-refractivity contribution is 6.11. The number of rotatable bonds is 6. The predicted molar refractivity (Wildman–Crippen MR) is 113 cm³/mol. The maximum atomic E-state index is 13.6. The molecule has 0 amide bonds. The molecule has 1 N–H and O–H groups in total. The number of methoxy groups -OCH3 is 1. The van der Waals surface area contributed by atoms with Gasteiger partial charge < -0.3 is 14.6 Å². The van der Waals surface area contributed by atoms with Gasteiger partial charge in [0.1, 0.15) is 11.8 Å². The van der Waals surface area contributed by atoms with E-state index >= 15 is 0 Å². The number of nitrogens with one attached hydrogen (secondary N) is 1. The molecular weight excluding hydrogens is 348 g/mol. The molecule has 4 heteroatoms. The van der Waals surface area contributed by atoms with E-state index in [9.17, 15) is 4.79 Å². The van der Waals surface area contributed by atoms with Crippen LogP contribution >= 0.6 is 0 Å². The van der Waals surface area contributed by atoms with Gasteiger partial charge in [0.2, 0.25) is 0 Å². The van der Waals surface area contributed by atoms with Crippen molar-refractivity contribution in [3.63, 3.8) is 0 Å². The normalized spacial score (nSPS) is 11.9. The smallest absolute Gasteiger partial charge is 0.191 e. The van der Waals surface area contributed by atoms with Gasteiger partial charge in [0, 0.05) is 41.5 Å². The summed E-state index contributed by atoms with van der Waals surface area (Å²) in [4.78, 5) is 13.6. The SMILES string of the molecule is COc1cccc(NC(C(=O)c2cn(C)c3ccccc23)c2ccccc2)c1. The van der Waals surface area contributed by atoms with Crippen molar-refractivity contribution in [3.8, 4) is 5.75 Å². The maximum absolute atomic E-state index is 13.6. The van der Waals surface area contributed by atoms with Crippen molar-refractivity contribution >= 4 is 22.4 Å². The molecule has 4 nitrogen and oxygen atoms in total. The number of ketones is 1. The van der Waals surface area contributed by atoms with E-state index in [1.54, 1.807) is 7.11 Å². The Hall–Kier alpha value is -3.53. The van der Waals surface area contributed by atoms with Gasteiger partial charge in [-0.05, 0) is 23.8 Å². The summed E-state index contributed by atoms with van der Waals surface area (Å²) in [6, 6.07) is 24.9. The van der Waals surface area contributed by atoms with Crippen LogP contribution in [0.3, 0.4) is 0 Å². The van der Waals surface area contributed by atoms with Crippen molar-refractivity contribution in [2.24, 2.45) is 7.05 Å². The Kier molecular flexibility index (Phi) is 4.85. The number of para-hydroxylation sites is 1. The fourth-order valence-electron chi connectivity index (χ4n) is 3.52. The van der Waals surface area contributed by atoms with Crippen molar-refractivity contribution < 1.29 is 9.53 Å². The average molecular weight is 370 g/mol. The zero-order valence-electron chi connectivity index (χ0n) is 15.9. The van der Waals surface area contributed by atoms with Crippen molar-refractivity contribution in [2.75, 3.05) is 12.4 Å². The largest absolute Gasteiger partial charge is 0.497 e. The standard InChI is InChI=1S/C24H22N2O2/c1-26-16-21(20-13-6-7-14-22(20)26)24(27)23(17-9-4-3-5-10-17)25-18-11-8-12-19(15-18)28-2/h3-16,23,25H,1-2H3. The van der Waals surface area contributed by atoms with Crippen molar-refractivity contribution in [1.82, 2.24) is 4.57 Å². The summed E-state index contributed by atoms with van der Waals surface area (Å²) in [5.74, 6) is 0.778. The van der Waals surface area contributed by atoms with Crippen molar-refractivity contribution in [2.45, 2.75) is 6.04 Å². The molecule has 140 valence electrons. The third kappa shape index (κ3) is 3.37. The molecule has 0 bridgehead atoms. The second-order valence-electron chi connectivity index (χ2n) is 6.76. The lowest BCUT2D eigenvalue weighted by atomic mass is 9.96. The van der Waals surface area contributed by atoms with Gasteiger partial charge in [0.05, 0.1) is 7.11 Å². The number of benzene rings is 3. The van der Waals surface area contributed by atoms with Crippen molar-refractivity contribution in [1.29, 1.82) is 0 Å². The average Bonchev–Trinajstić information content (AvgIpc) is 3.09. The van der Waals surface area contributed by atoms with Gasteiger partial charge >= 0.3 is 0 Å². The molecule has 1 unspecified atom stereocenters. The van der Waals surface area contributed by atoms with E-state index in [0.717, 1.165) is 27.9 Å². The summed E-state index contributed by atoms with van der Waals surface area (Å²) in [6.07, 6.45) is 1.91. The molecular formula is C24H22N2O2. The van der Waals surface area contributed by atoms with Crippen LogP contribution in [-0.2, 0) is 7.05 Å². The van der Waals surface area contributed by atoms with Crippen LogP contribution in [0.5, 0.6) is 5.75 Å². The van der Waals surface area contributed by atoms with E-state index in [0.29, 0.717) is 5.56 Å². The highest BCUT2D eigenvalue weighted by Crippen LogP contribution is 2.29. The van der Waals surface area contributed by atoms with Crippen LogP contribution < -0.4 is 10.1 Å². The number of anilines is 1. The van der Waals surface area contributed by atoms with E-state index in [-0.39, 0.29) is 5.78 Å². The fraction of sp³-hybridized carbons (Fsp3) is 0.125. The van der Waals surface area contributed by atoms with Crippen LogP contribution in [0.1, 0.15) is 22.0 Å². The number of ether oxygens (including phenoxy) is 1. The lowest BCUT2D eigenvalue weighted by Gasteiger charge is -2.19. The first-order valence-electron chi connectivity index (χ1n) is 9.21. The highest BCUT2D eigenvalue weighted by Gasteiger charge is 2.25. The third-order valence-corrected chi connectivity index (χ3v) is 4.94. The topological polar surface area (TPSA) is 43.3 Å². The summed E-state index contributed by atoms with van der Waals surface area (Å²) in [5, 5.41) is 4.36. The summed E-state index contributed by atoms with van der Waals surface area (Å²) in [6.45, 7) is 0. The van der Waals surface area contributed by atoms with Gasteiger partial charge in [-0.15, -0.1) is 0 Å². The molecule has 0 spiro atoms.